The molecule has 6 rings (SSSR count). The molecule has 0 saturated heterocycles. The van der Waals surface area contributed by atoms with Crippen molar-refractivity contribution in [1.29, 1.82) is 0 Å². The van der Waals surface area contributed by atoms with Gasteiger partial charge in [-0.3, -0.25) is 13.6 Å². The van der Waals surface area contributed by atoms with E-state index in [4.69, 9.17) is 20.3 Å². The average molecular weight is 796 g/mol. The highest BCUT2D eigenvalue weighted by Crippen LogP contribution is 2.53. The molecule has 6 nitrogen and oxygen atoms in total. The van der Waals surface area contributed by atoms with Gasteiger partial charge in [0.25, 0.3) is 0 Å². The summed E-state index contributed by atoms with van der Waals surface area (Å²) in [5.41, 5.74) is 4.43. The van der Waals surface area contributed by atoms with Crippen LogP contribution in [0, 0.1) is 0 Å². The van der Waals surface area contributed by atoms with Gasteiger partial charge < -0.3 is 9.05 Å². The molecule has 0 amide bonds. The van der Waals surface area contributed by atoms with Crippen LogP contribution in [0.1, 0.15) is 27.7 Å². The Morgan fingerprint density at radius 2 is 0.860 bits per heavy atom. The number of fused-ring (bicyclic) bond motifs is 2. The van der Waals surface area contributed by atoms with Gasteiger partial charge in [0.15, 0.2) is 0 Å². The molecule has 0 unspecified atom stereocenters. The average Bonchev–Trinajstić information content (AvgIpc) is 3.12. The van der Waals surface area contributed by atoms with E-state index in [9.17, 15) is 9.13 Å². The summed E-state index contributed by atoms with van der Waals surface area (Å²) in [7, 11) is -3.35. The second-order valence-electron chi connectivity index (χ2n) is 10.6. The number of rotatable bonds is 11. The fourth-order valence-electron chi connectivity index (χ4n) is 5.40. The first-order valence-corrected chi connectivity index (χ1v) is 21.2. The van der Waals surface area contributed by atoms with E-state index in [0.29, 0.717) is 31.7 Å². The lowest BCUT2D eigenvalue weighted by Crippen LogP contribution is -2.13. The number of benzene rings is 6. The minimum absolute atomic E-state index is 0.306. The van der Waals surface area contributed by atoms with Crippen molar-refractivity contribution >= 4 is 68.6 Å². The monoisotopic (exact) mass is 794 g/mol. The Hall–Kier alpha value is -3.09. The van der Waals surface area contributed by atoms with E-state index in [2.05, 4.69) is 104 Å². The maximum Gasteiger partial charge on any atom is 0.424 e. The fourth-order valence-corrected chi connectivity index (χ4v) is 8.97. The van der Waals surface area contributed by atoms with Crippen LogP contribution in [0.15, 0.2) is 138 Å². The van der Waals surface area contributed by atoms with Crippen LogP contribution in [0.4, 0.5) is 0 Å². The van der Waals surface area contributed by atoms with Crippen LogP contribution in [-0.4, -0.2) is 26.4 Å². The van der Waals surface area contributed by atoms with Crippen LogP contribution in [0.2, 0.25) is 0 Å². The number of halogens is 2. The van der Waals surface area contributed by atoms with Gasteiger partial charge in [-0.25, -0.2) is 4.57 Å². The summed E-state index contributed by atoms with van der Waals surface area (Å²) >= 11 is 8.87. The molecule has 0 fully saturated rings. The Morgan fingerprint density at radius 1 is 0.480 bits per heavy atom. The van der Waals surface area contributed by atoms with E-state index >= 15 is 0 Å². The fraction of sp³-hybridized carbons (Fsp3) is 0.200. The maximum atomic E-state index is 13.3. The molecule has 6 aromatic carbocycles. The van der Waals surface area contributed by atoms with E-state index in [-0.39, 0.29) is 0 Å². The van der Waals surface area contributed by atoms with Crippen molar-refractivity contribution in [3.63, 3.8) is 0 Å². The Bertz CT molecular complexity index is 2060. The molecule has 0 aliphatic carbocycles. The molecule has 0 saturated carbocycles. The molecule has 0 aliphatic heterocycles. The van der Waals surface area contributed by atoms with Crippen LogP contribution in [0.5, 0.6) is 0 Å². The molecule has 262 valence electrons. The first-order valence-electron chi connectivity index (χ1n) is 16.5. The predicted octanol–water partition coefficient (Wildman–Crippen LogP) is 13.1. The molecule has 0 bridgehead atoms. The Balaban J connectivity index is 0.000000188. The van der Waals surface area contributed by atoms with Gasteiger partial charge in [-0.1, -0.05) is 137 Å². The third-order valence-electron chi connectivity index (χ3n) is 7.40. The van der Waals surface area contributed by atoms with Crippen molar-refractivity contribution < 1.29 is 27.2 Å². The second kappa shape index (κ2) is 19.5. The van der Waals surface area contributed by atoms with Gasteiger partial charge in [-0.2, -0.15) is 0 Å². The SMILES string of the molecule is Brc1ccccc1-c1cccc2ccccc12.CCOP(=O)(Cl)OCC.CCOP(=O)(OCC)c1ccccc1-c1cccc2ccccc12. The summed E-state index contributed by atoms with van der Waals surface area (Å²) in [5, 5.41) is 5.45. The Morgan fingerprint density at radius 3 is 1.36 bits per heavy atom. The first-order chi connectivity index (χ1) is 24.2. The van der Waals surface area contributed by atoms with Gasteiger partial charge >= 0.3 is 14.5 Å². The van der Waals surface area contributed by atoms with Crippen LogP contribution in [0.25, 0.3) is 43.8 Å². The minimum atomic E-state index is -3.35. The smallest absolute Gasteiger partial charge is 0.305 e. The highest BCUT2D eigenvalue weighted by atomic mass is 79.9. The van der Waals surface area contributed by atoms with Gasteiger partial charge in [-0.15, -0.1) is 0 Å². The van der Waals surface area contributed by atoms with Crippen molar-refractivity contribution in [2.24, 2.45) is 0 Å². The van der Waals surface area contributed by atoms with Gasteiger partial charge in [-0.05, 0) is 83.6 Å². The zero-order valence-electron chi connectivity index (χ0n) is 28.6. The standard InChI is InChI=1S/C20H21O3P.C16H11Br.C4H10ClO3P/c1-3-22-24(21,23-4-2)20-15-8-7-13-19(20)18-14-9-11-16-10-5-6-12-17(16)18;17-16-11-4-3-9-15(16)14-10-5-7-12-6-1-2-8-13(12)14;1-3-7-9(5,6)8-4-2/h5-15H,3-4H2,1-2H3;1-11H;3-4H2,1-2H3. The minimum Gasteiger partial charge on any atom is -0.305 e. The van der Waals surface area contributed by atoms with Crippen LogP contribution in [-0.2, 0) is 27.2 Å². The second-order valence-corrected chi connectivity index (χ2v) is 16.1. The van der Waals surface area contributed by atoms with Crippen LogP contribution >= 0.6 is 41.7 Å². The van der Waals surface area contributed by atoms with Gasteiger partial charge in [0.05, 0.1) is 31.7 Å². The molecule has 0 spiro atoms. The quantitative estimate of drug-likeness (QED) is 0.122. The zero-order valence-corrected chi connectivity index (χ0v) is 32.8. The molecule has 10 heteroatoms. The highest BCUT2D eigenvalue weighted by Gasteiger charge is 2.30. The van der Waals surface area contributed by atoms with E-state index in [1.165, 1.54) is 21.9 Å². The third kappa shape index (κ3) is 10.5. The zero-order chi connectivity index (χ0) is 36.0. The van der Waals surface area contributed by atoms with Crippen LogP contribution in [0.3, 0.4) is 0 Å². The topological polar surface area (TPSA) is 71.1 Å². The summed E-state index contributed by atoms with van der Waals surface area (Å²) in [6.45, 7) is 5.12. The first kappa shape index (κ1) is 39.7. The largest absolute Gasteiger partial charge is 0.424 e. The molecular formula is C40H42BrClO6P2. The Labute approximate surface area is 308 Å². The van der Waals surface area contributed by atoms with Gasteiger partial charge in [0, 0.05) is 15.7 Å². The van der Waals surface area contributed by atoms with Crippen molar-refractivity contribution in [2.75, 3.05) is 26.4 Å². The lowest BCUT2D eigenvalue weighted by Gasteiger charge is -2.20. The summed E-state index contributed by atoms with van der Waals surface area (Å²) < 4.78 is 45.4. The van der Waals surface area contributed by atoms with E-state index in [1.807, 2.05) is 68.4 Å². The highest BCUT2D eigenvalue weighted by molar-refractivity contribution is 9.10. The summed E-state index contributed by atoms with van der Waals surface area (Å²) in [5.74, 6) is 0. The molecular weight excluding hydrogens is 754 g/mol. The third-order valence-corrected chi connectivity index (χ3v) is 12.0. The van der Waals surface area contributed by atoms with Gasteiger partial charge in [0.2, 0.25) is 0 Å². The van der Waals surface area contributed by atoms with Crippen molar-refractivity contribution in [2.45, 2.75) is 27.7 Å². The number of hydrogen-bond donors (Lipinski definition) is 0. The summed E-state index contributed by atoms with van der Waals surface area (Å²) in [6.07, 6.45) is 0. The van der Waals surface area contributed by atoms with Gasteiger partial charge in [0.1, 0.15) is 0 Å². The molecule has 0 aromatic heterocycles. The summed E-state index contributed by atoms with van der Waals surface area (Å²) in [6, 6.07) is 45.2. The molecule has 0 radical (unpaired) electrons. The van der Waals surface area contributed by atoms with Crippen molar-refractivity contribution in [3.05, 3.63) is 138 Å². The van der Waals surface area contributed by atoms with Crippen LogP contribution < -0.4 is 5.30 Å². The van der Waals surface area contributed by atoms with Crippen molar-refractivity contribution in [1.82, 2.24) is 0 Å². The number of hydrogen-bond acceptors (Lipinski definition) is 6. The summed E-state index contributed by atoms with van der Waals surface area (Å²) in [4.78, 5) is 0. The molecule has 0 atom stereocenters. The van der Waals surface area contributed by atoms with Crippen molar-refractivity contribution in [3.8, 4) is 22.3 Å². The molecule has 0 N–H and O–H groups in total. The lowest BCUT2D eigenvalue weighted by molar-refractivity contribution is 0.230. The molecule has 50 heavy (non-hydrogen) atoms. The van der Waals surface area contributed by atoms with E-state index < -0.39 is 14.5 Å². The maximum absolute atomic E-state index is 13.3. The van der Waals surface area contributed by atoms with E-state index in [0.717, 1.165) is 26.4 Å². The normalized spacial score (nSPS) is 11.4. The molecule has 6 aromatic rings. The lowest BCUT2D eigenvalue weighted by atomic mass is 9.98. The molecule has 0 heterocycles. The Kier molecular flexibility index (Phi) is 15.5. The molecule has 0 aliphatic rings. The predicted molar refractivity (Wildman–Crippen MR) is 214 cm³/mol. The van der Waals surface area contributed by atoms with E-state index in [1.54, 1.807) is 13.8 Å².